The lowest BCUT2D eigenvalue weighted by molar-refractivity contribution is 0.329. The normalized spacial score (nSPS) is 29.5. The maximum absolute atomic E-state index is 4.56. The molecule has 0 aliphatic heterocycles. The van der Waals surface area contributed by atoms with Crippen LogP contribution in [0.25, 0.3) is 0 Å². The van der Waals surface area contributed by atoms with Gasteiger partial charge in [-0.15, -0.1) is 0 Å². The Bertz CT molecular complexity index is 353. The van der Waals surface area contributed by atoms with Crippen molar-refractivity contribution in [2.75, 3.05) is 7.05 Å². The SMILES string of the molecule is CCc1nsc(SC2CC(C)CCC2NC)n1. The monoisotopic (exact) mass is 271 g/mol. The molecular weight excluding hydrogens is 250 g/mol. The number of hydrogen-bond acceptors (Lipinski definition) is 5. The van der Waals surface area contributed by atoms with Gasteiger partial charge in [-0.3, -0.25) is 0 Å². The van der Waals surface area contributed by atoms with Gasteiger partial charge in [-0.25, -0.2) is 4.98 Å². The van der Waals surface area contributed by atoms with E-state index in [0.29, 0.717) is 11.3 Å². The van der Waals surface area contributed by atoms with E-state index in [9.17, 15) is 0 Å². The summed E-state index contributed by atoms with van der Waals surface area (Å²) in [5.41, 5.74) is 0. The van der Waals surface area contributed by atoms with Crippen LogP contribution in [0.15, 0.2) is 4.34 Å². The van der Waals surface area contributed by atoms with Gasteiger partial charge in [0.15, 0.2) is 4.34 Å². The Morgan fingerprint density at radius 3 is 2.94 bits per heavy atom. The molecule has 1 aliphatic carbocycles. The summed E-state index contributed by atoms with van der Waals surface area (Å²) in [6, 6.07) is 0.630. The number of nitrogens with one attached hydrogen (secondary N) is 1. The fourth-order valence-corrected chi connectivity index (χ4v) is 4.78. The topological polar surface area (TPSA) is 37.8 Å². The highest BCUT2D eigenvalue weighted by molar-refractivity contribution is 8.01. The zero-order chi connectivity index (χ0) is 12.3. The number of hydrogen-bond donors (Lipinski definition) is 1. The molecule has 1 aromatic rings. The molecule has 3 nitrogen and oxygen atoms in total. The van der Waals surface area contributed by atoms with Crippen molar-refractivity contribution in [1.82, 2.24) is 14.7 Å². The van der Waals surface area contributed by atoms with E-state index in [0.717, 1.165) is 22.5 Å². The van der Waals surface area contributed by atoms with E-state index in [1.54, 1.807) is 11.5 Å². The predicted octanol–water partition coefficient (Wildman–Crippen LogP) is 2.97. The summed E-state index contributed by atoms with van der Waals surface area (Å²) in [6.45, 7) is 4.46. The van der Waals surface area contributed by atoms with Crippen LogP contribution in [-0.2, 0) is 6.42 Å². The van der Waals surface area contributed by atoms with Gasteiger partial charge in [0.1, 0.15) is 5.82 Å². The highest BCUT2D eigenvalue weighted by atomic mass is 32.2. The first-order valence-electron chi connectivity index (χ1n) is 6.39. The van der Waals surface area contributed by atoms with Crippen LogP contribution >= 0.6 is 23.3 Å². The Hall–Kier alpha value is -0.130. The minimum Gasteiger partial charge on any atom is -0.316 e. The molecule has 0 saturated heterocycles. The van der Waals surface area contributed by atoms with Gasteiger partial charge in [0, 0.05) is 17.7 Å². The molecular formula is C12H21N3S2. The molecule has 0 aromatic carbocycles. The van der Waals surface area contributed by atoms with Crippen LogP contribution in [0.1, 0.15) is 38.9 Å². The number of aromatic nitrogens is 2. The molecule has 1 fully saturated rings. The fourth-order valence-electron chi connectivity index (χ4n) is 2.35. The highest BCUT2D eigenvalue weighted by Crippen LogP contribution is 2.36. The molecule has 96 valence electrons. The molecule has 5 heteroatoms. The standard InChI is InChI=1S/C12H21N3S2/c1-4-11-14-12(17-15-11)16-10-7-8(2)5-6-9(10)13-3/h8-10,13H,4-7H2,1-3H3. The smallest absolute Gasteiger partial charge is 0.170 e. The van der Waals surface area contributed by atoms with Gasteiger partial charge in [-0.05, 0) is 43.8 Å². The molecule has 1 aromatic heterocycles. The zero-order valence-corrected chi connectivity index (χ0v) is 12.4. The highest BCUT2D eigenvalue weighted by Gasteiger charge is 2.29. The zero-order valence-electron chi connectivity index (χ0n) is 10.8. The largest absolute Gasteiger partial charge is 0.316 e. The van der Waals surface area contributed by atoms with E-state index < -0.39 is 0 Å². The van der Waals surface area contributed by atoms with Crippen molar-refractivity contribution in [2.24, 2.45) is 5.92 Å². The molecule has 17 heavy (non-hydrogen) atoms. The third kappa shape index (κ3) is 3.42. The Morgan fingerprint density at radius 1 is 1.47 bits per heavy atom. The van der Waals surface area contributed by atoms with Crippen LogP contribution < -0.4 is 5.32 Å². The predicted molar refractivity (Wildman–Crippen MR) is 74.8 cm³/mol. The van der Waals surface area contributed by atoms with E-state index in [-0.39, 0.29) is 0 Å². The van der Waals surface area contributed by atoms with E-state index in [1.165, 1.54) is 19.3 Å². The average molecular weight is 271 g/mol. The Kier molecular flexibility index (Phi) is 4.82. The van der Waals surface area contributed by atoms with E-state index in [4.69, 9.17) is 0 Å². The summed E-state index contributed by atoms with van der Waals surface area (Å²) in [6.07, 6.45) is 4.86. The van der Waals surface area contributed by atoms with E-state index >= 15 is 0 Å². The van der Waals surface area contributed by atoms with Crippen molar-refractivity contribution in [3.63, 3.8) is 0 Å². The van der Waals surface area contributed by atoms with Gasteiger partial charge < -0.3 is 5.32 Å². The first-order chi connectivity index (χ1) is 8.22. The van der Waals surface area contributed by atoms with Gasteiger partial charge in [0.05, 0.1) is 0 Å². The molecule has 0 bridgehead atoms. The van der Waals surface area contributed by atoms with Crippen LogP contribution in [-0.4, -0.2) is 27.7 Å². The minimum absolute atomic E-state index is 0.630. The van der Waals surface area contributed by atoms with E-state index in [2.05, 4.69) is 35.6 Å². The van der Waals surface area contributed by atoms with Gasteiger partial charge in [-0.2, -0.15) is 4.37 Å². The molecule has 2 rings (SSSR count). The van der Waals surface area contributed by atoms with Crippen molar-refractivity contribution < 1.29 is 0 Å². The summed E-state index contributed by atoms with van der Waals surface area (Å²) in [7, 11) is 2.08. The van der Waals surface area contributed by atoms with E-state index in [1.807, 2.05) is 11.8 Å². The summed E-state index contributed by atoms with van der Waals surface area (Å²) in [5.74, 6) is 1.83. The number of nitrogens with zero attached hydrogens (tertiary/aromatic N) is 2. The minimum atomic E-state index is 0.630. The molecule has 1 saturated carbocycles. The second kappa shape index (κ2) is 6.16. The summed E-state index contributed by atoms with van der Waals surface area (Å²) in [5, 5.41) is 4.11. The quantitative estimate of drug-likeness (QED) is 0.913. The van der Waals surface area contributed by atoms with Crippen LogP contribution in [0, 0.1) is 5.92 Å². The maximum Gasteiger partial charge on any atom is 0.170 e. The molecule has 3 unspecified atom stereocenters. The number of aryl methyl sites for hydroxylation is 1. The lowest BCUT2D eigenvalue weighted by atomic mass is 9.87. The summed E-state index contributed by atoms with van der Waals surface area (Å²) in [4.78, 5) is 4.56. The Morgan fingerprint density at radius 2 is 2.29 bits per heavy atom. The first-order valence-corrected chi connectivity index (χ1v) is 8.04. The van der Waals surface area contributed by atoms with Crippen molar-refractivity contribution in [1.29, 1.82) is 0 Å². The second-order valence-electron chi connectivity index (χ2n) is 4.80. The average Bonchev–Trinajstić information content (AvgIpc) is 2.77. The van der Waals surface area contributed by atoms with Crippen molar-refractivity contribution in [3.05, 3.63) is 5.82 Å². The van der Waals surface area contributed by atoms with Gasteiger partial charge >= 0.3 is 0 Å². The Labute approximate surface area is 112 Å². The molecule has 1 aliphatic rings. The van der Waals surface area contributed by atoms with Crippen molar-refractivity contribution in [3.8, 4) is 0 Å². The van der Waals surface area contributed by atoms with Gasteiger partial charge in [0.2, 0.25) is 0 Å². The number of rotatable bonds is 4. The Balaban J connectivity index is 1.99. The van der Waals surface area contributed by atoms with Crippen molar-refractivity contribution >= 4 is 23.3 Å². The maximum atomic E-state index is 4.56. The van der Waals surface area contributed by atoms with Gasteiger partial charge in [-0.1, -0.05) is 25.6 Å². The lowest BCUT2D eigenvalue weighted by Crippen LogP contribution is -2.40. The fraction of sp³-hybridized carbons (Fsp3) is 0.833. The third-order valence-corrected chi connectivity index (χ3v) is 5.62. The molecule has 3 atom stereocenters. The van der Waals surface area contributed by atoms with Crippen LogP contribution in [0.2, 0.25) is 0 Å². The summed E-state index contributed by atoms with van der Waals surface area (Å²) >= 11 is 3.48. The molecule has 1 N–H and O–H groups in total. The first kappa shape index (κ1) is 13.3. The molecule has 1 heterocycles. The molecule has 0 spiro atoms. The van der Waals surface area contributed by atoms with Crippen molar-refractivity contribution in [2.45, 2.75) is 55.2 Å². The van der Waals surface area contributed by atoms with Crippen LogP contribution in [0.5, 0.6) is 0 Å². The van der Waals surface area contributed by atoms with Gasteiger partial charge in [0.25, 0.3) is 0 Å². The van der Waals surface area contributed by atoms with Crippen LogP contribution in [0.3, 0.4) is 0 Å². The molecule has 0 radical (unpaired) electrons. The van der Waals surface area contributed by atoms with Crippen LogP contribution in [0.4, 0.5) is 0 Å². The second-order valence-corrected chi connectivity index (χ2v) is 7.04. The molecule has 0 amide bonds. The summed E-state index contributed by atoms with van der Waals surface area (Å²) < 4.78 is 5.50. The lowest BCUT2D eigenvalue weighted by Gasteiger charge is -2.33. The number of thioether (sulfide) groups is 1. The third-order valence-electron chi connectivity index (χ3n) is 3.44.